The van der Waals surface area contributed by atoms with Crippen LogP contribution in [0, 0.1) is 6.92 Å². The number of hydrogen-bond donors (Lipinski definition) is 0. The van der Waals surface area contributed by atoms with Gasteiger partial charge in [0.15, 0.2) is 0 Å². The van der Waals surface area contributed by atoms with Crippen LogP contribution in [-0.4, -0.2) is 35.2 Å². The van der Waals surface area contributed by atoms with E-state index in [0.29, 0.717) is 17.4 Å². The fourth-order valence-electron chi connectivity index (χ4n) is 3.80. The number of benzene rings is 1. The zero-order chi connectivity index (χ0) is 18.5. The largest absolute Gasteiger partial charge is 0.369 e. The van der Waals surface area contributed by atoms with Gasteiger partial charge in [0, 0.05) is 24.8 Å². The molecule has 1 fully saturated rings. The standard InChI is InChI=1S/C20H26N2O2S/c1-7-22-18(23)17(25-19(22)24)10-14-9-15-13(3)11-20(4,5)21(6)16(15)8-12(14)2/h8-10,13H,7,11H2,1-6H3/b17-10-/t13-/m1/s1. The first kappa shape index (κ1) is 18.1. The van der Waals surface area contributed by atoms with Gasteiger partial charge in [0.25, 0.3) is 11.1 Å². The predicted octanol–water partition coefficient (Wildman–Crippen LogP) is 4.77. The van der Waals surface area contributed by atoms with Crippen molar-refractivity contribution in [1.82, 2.24) is 4.90 Å². The summed E-state index contributed by atoms with van der Waals surface area (Å²) in [5, 5.41) is -0.177. The Morgan fingerprint density at radius 2 is 2.00 bits per heavy atom. The lowest BCUT2D eigenvalue weighted by Gasteiger charge is -2.45. The molecule has 0 aromatic heterocycles. The molecule has 134 valence electrons. The number of hydrogen-bond acceptors (Lipinski definition) is 4. The van der Waals surface area contributed by atoms with Gasteiger partial charge >= 0.3 is 0 Å². The van der Waals surface area contributed by atoms with E-state index in [1.165, 1.54) is 16.2 Å². The number of aryl methyl sites for hydroxylation is 1. The van der Waals surface area contributed by atoms with Crippen LogP contribution in [0.4, 0.5) is 10.5 Å². The van der Waals surface area contributed by atoms with E-state index in [1.807, 2.05) is 13.0 Å². The number of carbonyl (C=O) groups excluding carboxylic acids is 2. The minimum Gasteiger partial charge on any atom is -0.369 e. The monoisotopic (exact) mass is 358 g/mol. The first-order valence-corrected chi connectivity index (χ1v) is 9.61. The Balaban J connectivity index is 2.04. The van der Waals surface area contributed by atoms with Crippen molar-refractivity contribution >= 4 is 34.7 Å². The molecule has 1 saturated heterocycles. The molecule has 0 N–H and O–H groups in total. The zero-order valence-electron chi connectivity index (χ0n) is 15.8. The summed E-state index contributed by atoms with van der Waals surface area (Å²) in [5.74, 6) is 0.278. The van der Waals surface area contributed by atoms with Gasteiger partial charge in [-0.25, -0.2) is 0 Å². The lowest BCUT2D eigenvalue weighted by Crippen LogP contribution is -2.45. The van der Waals surface area contributed by atoms with Gasteiger partial charge in [-0.15, -0.1) is 0 Å². The highest BCUT2D eigenvalue weighted by Gasteiger charge is 2.36. The van der Waals surface area contributed by atoms with Gasteiger partial charge in [0.05, 0.1) is 4.91 Å². The van der Waals surface area contributed by atoms with Crippen LogP contribution >= 0.6 is 11.8 Å². The third-order valence-corrected chi connectivity index (χ3v) is 6.41. The Morgan fingerprint density at radius 3 is 2.60 bits per heavy atom. The Bertz CT molecular complexity index is 782. The number of rotatable bonds is 2. The number of thioether (sulfide) groups is 1. The second-order valence-electron chi connectivity index (χ2n) is 7.67. The molecule has 0 aliphatic carbocycles. The summed E-state index contributed by atoms with van der Waals surface area (Å²) >= 11 is 1.04. The summed E-state index contributed by atoms with van der Waals surface area (Å²) in [4.78, 5) is 28.4. The van der Waals surface area contributed by atoms with E-state index in [-0.39, 0.29) is 16.7 Å². The molecule has 2 aliphatic heterocycles. The van der Waals surface area contributed by atoms with Gasteiger partial charge in [-0.3, -0.25) is 14.5 Å². The Morgan fingerprint density at radius 1 is 1.32 bits per heavy atom. The molecule has 0 radical (unpaired) electrons. The van der Waals surface area contributed by atoms with Crippen molar-refractivity contribution in [3.63, 3.8) is 0 Å². The van der Waals surface area contributed by atoms with Gasteiger partial charge in [-0.05, 0) is 86.7 Å². The van der Waals surface area contributed by atoms with Crippen LogP contribution in [0.3, 0.4) is 0 Å². The smallest absolute Gasteiger partial charge is 0.293 e. The molecule has 1 atom stereocenters. The number of anilines is 1. The molecule has 0 unspecified atom stereocenters. The zero-order valence-corrected chi connectivity index (χ0v) is 16.7. The molecule has 2 amide bonds. The molecular weight excluding hydrogens is 332 g/mol. The van der Waals surface area contributed by atoms with Crippen LogP contribution in [0.1, 0.15) is 56.7 Å². The first-order chi connectivity index (χ1) is 11.7. The molecule has 2 aliphatic rings. The number of carbonyl (C=O) groups is 2. The molecule has 1 aromatic carbocycles. The molecular formula is C20H26N2O2S. The number of amides is 2. The summed E-state index contributed by atoms with van der Waals surface area (Å²) in [7, 11) is 2.15. The Hall–Kier alpha value is -1.75. The minimum absolute atomic E-state index is 0.129. The number of fused-ring (bicyclic) bond motifs is 1. The molecule has 0 spiro atoms. The van der Waals surface area contributed by atoms with Crippen molar-refractivity contribution in [2.75, 3.05) is 18.5 Å². The highest BCUT2D eigenvalue weighted by atomic mass is 32.2. The quantitative estimate of drug-likeness (QED) is 0.714. The highest BCUT2D eigenvalue weighted by Crippen LogP contribution is 2.44. The highest BCUT2D eigenvalue weighted by molar-refractivity contribution is 8.18. The molecule has 5 heteroatoms. The predicted molar refractivity (Wildman–Crippen MR) is 105 cm³/mol. The molecule has 4 nitrogen and oxygen atoms in total. The summed E-state index contributed by atoms with van der Waals surface area (Å²) in [5.41, 5.74) is 4.86. The first-order valence-electron chi connectivity index (χ1n) is 8.79. The lowest BCUT2D eigenvalue weighted by atomic mass is 9.79. The number of imide groups is 1. The second-order valence-corrected chi connectivity index (χ2v) is 8.66. The molecule has 1 aromatic rings. The van der Waals surface area contributed by atoms with Gasteiger partial charge < -0.3 is 4.90 Å². The molecule has 3 rings (SSSR count). The summed E-state index contributed by atoms with van der Waals surface area (Å²) in [6, 6.07) is 4.41. The van der Waals surface area contributed by atoms with Crippen LogP contribution in [0.2, 0.25) is 0 Å². The van der Waals surface area contributed by atoms with Crippen molar-refractivity contribution in [3.05, 3.63) is 33.7 Å². The van der Waals surface area contributed by atoms with Gasteiger partial charge in [-0.2, -0.15) is 0 Å². The van der Waals surface area contributed by atoms with E-state index in [4.69, 9.17) is 0 Å². The summed E-state index contributed by atoms with van der Waals surface area (Å²) in [6.07, 6.45) is 2.97. The Labute approximate surface area is 154 Å². The van der Waals surface area contributed by atoms with E-state index in [9.17, 15) is 9.59 Å². The van der Waals surface area contributed by atoms with E-state index < -0.39 is 0 Å². The summed E-state index contributed by atoms with van der Waals surface area (Å²) in [6.45, 7) is 11.1. The average Bonchev–Trinajstić information content (AvgIpc) is 2.79. The number of nitrogens with zero attached hydrogens (tertiary/aromatic N) is 2. The average molecular weight is 359 g/mol. The van der Waals surface area contributed by atoms with Crippen molar-refractivity contribution in [2.45, 2.75) is 52.5 Å². The fourth-order valence-corrected chi connectivity index (χ4v) is 4.70. The molecule has 0 saturated carbocycles. The van der Waals surface area contributed by atoms with Crippen LogP contribution in [0.25, 0.3) is 6.08 Å². The number of likely N-dealkylation sites (N-methyl/N-ethyl adjacent to an activating group) is 1. The lowest BCUT2D eigenvalue weighted by molar-refractivity contribution is -0.122. The van der Waals surface area contributed by atoms with Crippen molar-refractivity contribution in [2.24, 2.45) is 0 Å². The minimum atomic E-state index is -0.180. The maximum Gasteiger partial charge on any atom is 0.293 e. The van der Waals surface area contributed by atoms with Gasteiger partial charge in [-0.1, -0.05) is 6.92 Å². The van der Waals surface area contributed by atoms with E-state index >= 15 is 0 Å². The van der Waals surface area contributed by atoms with Crippen LogP contribution in [0.5, 0.6) is 0 Å². The third-order valence-electron chi connectivity index (χ3n) is 5.50. The van der Waals surface area contributed by atoms with E-state index in [0.717, 1.165) is 29.3 Å². The van der Waals surface area contributed by atoms with Crippen LogP contribution in [0.15, 0.2) is 17.0 Å². The van der Waals surface area contributed by atoms with E-state index in [2.05, 4.69) is 51.8 Å². The molecule has 25 heavy (non-hydrogen) atoms. The van der Waals surface area contributed by atoms with Crippen molar-refractivity contribution in [1.29, 1.82) is 0 Å². The van der Waals surface area contributed by atoms with E-state index in [1.54, 1.807) is 0 Å². The summed E-state index contributed by atoms with van der Waals surface area (Å²) < 4.78 is 0. The Kier molecular flexibility index (Phi) is 4.48. The maximum absolute atomic E-state index is 12.4. The van der Waals surface area contributed by atoms with Crippen LogP contribution < -0.4 is 4.90 Å². The van der Waals surface area contributed by atoms with Crippen molar-refractivity contribution in [3.8, 4) is 0 Å². The topological polar surface area (TPSA) is 40.6 Å². The SMILES string of the molecule is CCN1C(=O)S/C(=C\c2cc3c(cc2C)N(C)C(C)(C)C[C@H]3C)C1=O. The van der Waals surface area contributed by atoms with Crippen LogP contribution in [-0.2, 0) is 4.79 Å². The third kappa shape index (κ3) is 2.99. The molecule has 2 heterocycles. The molecule has 0 bridgehead atoms. The maximum atomic E-state index is 12.4. The fraction of sp³-hybridized carbons (Fsp3) is 0.500. The van der Waals surface area contributed by atoms with Gasteiger partial charge in [0.1, 0.15) is 0 Å². The normalized spacial score (nSPS) is 24.2. The van der Waals surface area contributed by atoms with Gasteiger partial charge in [0.2, 0.25) is 0 Å². The second kappa shape index (κ2) is 6.20. The van der Waals surface area contributed by atoms with Crippen molar-refractivity contribution < 1.29 is 9.59 Å².